The van der Waals surface area contributed by atoms with Gasteiger partial charge in [-0.3, -0.25) is 5.32 Å². The Morgan fingerprint density at radius 3 is 2.73 bits per heavy atom. The molecule has 0 radical (unpaired) electrons. The van der Waals surface area contributed by atoms with E-state index in [2.05, 4.69) is 18.0 Å². The topological polar surface area (TPSA) is 35.8 Å². The van der Waals surface area contributed by atoms with Gasteiger partial charge in [0, 0.05) is 0 Å². The maximum atomic E-state index is 8.80. The second-order valence-electron chi connectivity index (χ2n) is 2.80. The molecule has 0 fully saturated rings. The van der Waals surface area contributed by atoms with E-state index in [0.717, 1.165) is 19.4 Å². The number of allylic oxidation sites excluding steroid dienone is 1. The van der Waals surface area contributed by atoms with E-state index in [1.807, 2.05) is 19.9 Å². The van der Waals surface area contributed by atoms with Crippen molar-refractivity contribution in [2.75, 3.05) is 6.54 Å². The van der Waals surface area contributed by atoms with Crippen LogP contribution < -0.4 is 5.32 Å². The molecule has 0 aliphatic heterocycles. The Morgan fingerprint density at radius 2 is 2.36 bits per heavy atom. The van der Waals surface area contributed by atoms with Gasteiger partial charge in [-0.15, -0.1) is 6.58 Å². The average Bonchev–Trinajstić information content (AvgIpc) is 2.02. The molecule has 2 nitrogen and oxygen atoms in total. The Kier molecular flexibility index (Phi) is 4.56. The predicted molar refractivity (Wildman–Crippen MR) is 47.1 cm³/mol. The third-order valence-corrected chi connectivity index (χ3v) is 1.66. The van der Waals surface area contributed by atoms with Crippen molar-refractivity contribution >= 4 is 0 Å². The van der Waals surface area contributed by atoms with Crippen molar-refractivity contribution in [1.29, 1.82) is 5.26 Å². The Bertz CT molecular complexity index is 157. The monoisotopic (exact) mass is 152 g/mol. The van der Waals surface area contributed by atoms with Gasteiger partial charge in [0.15, 0.2) is 0 Å². The average molecular weight is 152 g/mol. The van der Waals surface area contributed by atoms with Crippen LogP contribution in [0.15, 0.2) is 12.7 Å². The van der Waals surface area contributed by atoms with Crippen molar-refractivity contribution < 1.29 is 0 Å². The van der Waals surface area contributed by atoms with Crippen molar-refractivity contribution in [3.05, 3.63) is 12.7 Å². The standard InChI is InChI=1S/C9H16N2/c1-4-6-7-9(3,8-10)11-5-2/h4,11H,1,5-7H2,2-3H3. The Balaban J connectivity index is 3.90. The van der Waals surface area contributed by atoms with E-state index in [1.54, 1.807) is 0 Å². The van der Waals surface area contributed by atoms with E-state index in [1.165, 1.54) is 0 Å². The number of hydrogen-bond donors (Lipinski definition) is 1. The van der Waals surface area contributed by atoms with Crippen LogP contribution in [0.5, 0.6) is 0 Å². The second kappa shape index (κ2) is 4.92. The molecule has 2 heteroatoms. The maximum absolute atomic E-state index is 8.80. The van der Waals surface area contributed by atoms with Gasteiger partial charge in [0.25, 0.3) is 0 Å². The first-order valence-electron chi connectivity index (χ1n) is 3.95. The summed E-state index contributed by atoms with van der Waals surface area (Å²) >= 11 is 0. The second-order valence-corrected chi connectivity index (χ2v) is 2.80. The van der Waals surface area contributed by atoms with Gasteiger partial charge in [0.1, 0.15) is 5.54 Å². The zero-order valence-corrected chi connectivity index (χ0v) is 7.35. The minimum atomic E-state index is -0.372. The summed E-state index contributed by atoms with van der Waals surface area (Å²) in [5.74, 6) is 0. The van der Waals surface area contributed by atoms with E-state index in [9.17, 15) is 0 Å². The molecule has 0 aromatic rings. The van der Waals surface area contributed by atoms with Crippen LogP contribution in [-0.4, -0.2) is 12.1 Å². The van der Waals surface area contributed by atoms with Crippen molar-refractivity contribution in [2.24, 2.45) is 0 Å². The lowest BCUT2D eigenvalue weighted by atomic mass is 9.98. The van der Waals surface area contributed by atoms with Gasteiger partial charge in [-0.1, -0.05) is 13.0 Å². The van der Waals surface area contributed by atoms with Gasteiger partial charge >= 0.3 is 0 Å². The van der Waals surface area contributed by atoms with Crippen molar-refractivity contribution in [2.45, 2.75) is 32.2 Å². The molecule has 0 saturated carbocycles. The first kappa shape index (κ1) is 10.2. The fourth-order valence-corrected chi connectivity index (χ4v) is 0.965. The summed E-state index contributed by atoms with van der Waals surface area (Å²) < 4.78 is 0. The molecule has 0 heterocycles. The van der Waals surface area contributed by atoms with E-state index >= 15 is 0 Å². The van der Waals surface area contributed by atoms with Crippen LogP contribution >= 0.6 is 0 Å². The van der Waals surface area contributed by atoms with Gasteiger partial charge < -0.3 is 0 Å². The molecule has 0 bridgehead atoms. The van der Waals surface area contributed by atoms with Crippen molar-refractivity contribution in [1.82, 2.24) is 5.32 Å². The van der Waals surface area contributed by atoms with E-state index in [-0.39, 0.29) is 5.54 Å². The third kappa shape index (κ3) is 3.79. The quantitative estimate of drug-likeness (QED) is 0.610. The fraction of sp³-hybridized carbons (Fsp3) is 0.667. The number of nitrogens with zero attached hydrogens (tertiary/aromatic N) is 1. The highest BCUT2D eigenvalue weighted by Gasteiger charge is 2.20. The van der Waals surface area contributed by atoms with Gasteiger partial charge in [-0.05, 0) is 26.3 Å². The highest BCUT2D eigenvalue weighted by Crippen LogP contribution is 2.10. The van der Waals surface area contributed by atoms with Crippen LogP contribution in [0.25, 0.3) is 0 Å². The molecule has 62 valence electrons. The van der Waals surface area contributed by atoms with Crippen LogP contribution in [0.2, 0.25) is 0 Å². The van der Waals surface area contributed by atoms with E-state index < -0.39 is 0 Å². The van der Waals surface area contributed by atoms with Crippen molar-refractivity contribution in [3.63, 3.8) is 0 Å². The fourth-order valence-electron chi connectivity index (χ4n) is 0.965. The molecule has 0 aromatic carbocycles. The lowest BCUT2D eigenvalue weighted by molar-refractivity contribution is 0.433. The summed E-state index contributed by atoms with van der Waals surface area (Å²) in [7, 11) is 0. The summed E-state index contributed by atoms with van der Waals surface area (Å²) in [6.07, 6.45) is 3.56. The minimum Gasteiger partial charge on any atom is -0.300 e. The van der Waals surface area contributed by atoms with Gasteiger partial charge in [0.2, 0.25) is 0 Å². The van der Waals surface area contributed by atoms with E-state index in [4.69, 9.17) is 5.26 Å². The molecule has 0 aromatic heterocycles. The summed E-state index contributed by atoms with van der Waals surface area (Å²) in [5, 5.41) is 11.9. The molecule has 1 N–H and O–H groups in total. The largest absolute Gasteiger partial charge is 0.300 e. The van der Waals surface area contributed by atoms with Crippen LogP contribution in [0.1, 0.15) is 26.7 Å². The lowest BCUT2D eigenvalue weighted by Gasteiger charge is -2.21. The molecular weight excluding hydrogens is 136 g/mol. The normalized spacial score (nSPS) is 15.0. The van der Waals surface area contributed by atoms with Gasteiger partial charge in [-0.2, -0.15) is 5.26 Å². The lowest BCUT2D eigenvalue weighted by Crippen LogP contribution is -2.40. The first-order chi connectivity index (χ1) is 5.18. The SMILES string of the molecule is C=CCCC(C)(C#N)NCC. The van der Waals surface area contributed by atoms with Crippen LogP contribution in [0.3, 0.4) is 0 Å². The van der Waals surface area contributed by atoms with Crippen LogP contribution in [0.4, 0.5) is 0 Å². The smallest absolute Gasteiger partial charge is 0.104 e. The first-order valence-corrected chi connectivity index (χ1v) is 3.95. The molecule has 0 spiro atoms. The highest BCUT2D eigenvalue weighted by atomic mass is 14.9. The minimum absolute atomic E-state index is 0.372. The molecule has 0 saturated heterocycles. The number of rotatable bonds is 5. The molecule has 1 atom stereocenters. The summed E-state index contributed by atoms with van der Waals surface area (Å²) in [6.45, 7) is 8.38. The number of nitrogens with one attached hydrogen (secondary N) is 1. The Hall–Kier alpha value is -0.810. The zero-order valence-electron chi connectivity index (χ0n) is 7.35. The summed E-state index contributed by atoms with van der Waals surface area (Å²) in [5.41, 5.74) is -0.372. The molecule has 0 amide bonds. The molecular formula is C9H16N2. The van der Waals surface area contributed by atoms with Gasteiger partial charge in [-0.25, -0.2) is 0 Å². The van der Waals surface area contributed by atoms with Crippen molar-refractivity contribution in [3.8, 4) is 6.07 Å². The Labute approximate surface area is 68.9 Å². The van der Waals surface area contributed by atoms with E-state index in [0.29, 0.717) is 0 Å². The Morgan fingerprint density at radius 1 is 1.73 bits per heavy atom. The number of nitriles is 1. The van der Waals surface area contributed by atoms with Gasteiger partial charge in [0.05, 0.1) is 6.07 Å². The maximum Gasteiger partial charge on any atom is 0.104 e. The zero-order chi connectivity index (χ0) is 8.74. The third-order valence-electron chi connectivity index (χ3n) is 1.66. The molecule has 0 aliphatic rings. The molecule has 0 aliphatic carbocycles. The van der Waals surface area contributed by atoms with Crippen LogP contribution in [0, 0.1) is 11.3 Å². The highest BCUT2D eigenvalue weighted by molar-refractivity contribution is 5.04. The number of hydrogen-bond acceptors (Lipinski definition) is 2. The van der Waals surface area contributed by atoms with Crippen LogP contribution in [-0.2, 0) is 0 Å². The predicted octanol–water partition coefficient (Wildman–Crippen LogP) is 1.84. The molecule has 0 rings (SSSR count). The molecule has 11 heavy (non-hydrogen) atoms. The summed E-state index contributed by atoms with van der Waals surface area (Å²) in [6, 6.07) is 2.26. The summed E-state index contributed by atoms with van der Waals surface area (Å²) in [4.78, 5) is 0. The molecule has 1 unspecified atom stereocenters.